The van der Waals surface area contributed by atoms with Crippen LogP contribution in [-0.2, 0) is 20.7 Å². The van der Waals surface area contributed by atoms with E-state index in [2.05, 4.69) is 10.6 Å². The monoisotopic (exact) mass is 368 g/mol. The van der Waals surface area contributed by atoms with Crippen molar-refractivity contribution in [1.29, 1.82) is 0 Å². The number of imide groups is 1. The van der Waals surface area contributed by atoms with Gasteiger partial charge in [0.25, 0.3) is 5.91 Å². The third-order valence-corrected chi connectivity index (χ3v) is 4.77. The molecule has 1 atom stereocenters. The summed E-state index contributed by atoms with van der Waals surface area (Å²) in [7, 11) is 0. The van der Waals surface area contributed by atoms with Crippen LogP contribution in [0.1, 0.15) is 38.2 Å². The van der Waals surface area contributed by atoms with Crippen molar-refractivity contribution in [3.05, 3.63) is 48.0 Å². The molecule has 2 N–H and O–H groups in total. The molecule has 2 aromatic carbocycles. The van der Waals surface area contributed by atoms with E-state index in [-0.39, 0.29) is 12.5 Å². The lowest BCUT2D eigenvalue weighted by Gasteiger charge is -2.15. The number of urea groups is 1. The van der Waals surface area contributed by atoms with Gasteiger partial charge in [-0.05, 0) is 36.1 Å². The van der Waals surface area contributed by atoms with Crippen molar-refractivity contribution < 1.29 is 19.1 Å². The number of carbonyl (C=O) groups excluding carboxylic acids is 3. The molecule has 3 rings (SSSR count). The maximum atomic E-state index is 12.1. The summed E-state index contributed by atoms with van der Waals surface area (Å²) >= 11 is 0. The summed E-state index contributed by atoms with van der Waals surface area (Å²) in [6.45, 7) is 1.45. The summed E-state index contributed by atoms with van der Waals surface area (Å²) in [5.41, 5.74) is 0.810. The molecule has 3 amide bonds. The molecule has 6 nitrogen and oxygen atoms in total. The van der Waals surface area contributed by atoms with Crippen molar-refractivity contribution in [1.82, 2.24) is 10.6 Å². The Balaban J connectivity index is 1.48. The number of carbonyl (C=O) groups is 3. The number of nitrogens with one attached hydrogen (secondary N) is 2. The number of hydrogen-bond donors (Lipinski definition) is 2. The fourth-order valence-corrected chi connectivity index (χ4v) is 3.31. The number of amides is 3. The van der Waals surface area contributed by atoms with Crippen molar-refractivity contribution in [3.8, 4) is 0 Å². The molecule has 0 radical (unpaired) electrons. The molecular formula is C21H24N2O4. The van der Waals surface area contributed by atoms with Crippen LogP contribution in [0, 0.1) is 0 Å². The van der Waals surface area contributed by atoms with Crippen LogP contribution in [0.4, 0.5) is 4.79 Å². The van der Waals surface area contributed by atoms with Gasteiger partial charge in [0, 0.05) is 6.04 Å². The van der Waals surface area contributed by atoms with Gasteiger partial charge in [-0.3, -0.25) is 14.9 Å². The summed E-state index contributed by atoms with van der Waals surface area (Å²) in [5.74, 6) is -1.14. The topological polar surface area (TPSA) is 84.5 Å². The van der Waals surface area contributed by atoms with Gasteiger partial charge in [-0.15, -0.1) is 0 Å². The largest absolute Gasteiger partial charge is 0.452 e. The lowest BCUT2D eigenvalue weighted by molar-refractivity contribution is -0.153. The van der Waals surface area contributed by atoms with Crippen molar-refractivity contribution in [3.63, 3.8) is 0 Å². The average Bonchev–Trinajstić information content (AvgIpc) is 3.14. The minimum Gasteiger partial charge on any atom is -0.452 e. The number of hydrogen-bond acceptors (Lipinski definition) is 4. The predicted molar refractivity (Wildman–Crippen MR) is 102 cm³/mol. The summed E-state index contributed by atoms with van der Waals surface area (Å²) in [6, 6.07) is 13.2. The molecule has 1 fully saturated rings. The molecule has 2 aromatic rings. The highest BCUT2D eigenvalue weighted by molar-refractivity contribution is 5.97. The number of esters is 1. The van der Waals surface area contributed by atoms with Crippen LogP contribution in [0.3, 0.4) is 0 Å². The summed E-state index contributed by atoms with van der Waals surface area (Å²) in [4.78, 5) is 36.0. The van der Waals surface area contributed by atoms with Crippen LogP contribution in [-0.4, -0.2) is 30.1 Å². The normalized spacial score (nSPS) is 15.3. The van der Waals surface area contributed by atoms with Gasteiger partial charge in [0.1, 0.15) is 0 Å². The van der Waals surface area contributed by atoms with E-state index in [4.69, 9.17) is 4.74 Å². The lowest BCUT2D eigenvalue weighted by Crippen LogP contribution is -2.47. The average molecular weight is 368 g/mol. The van der Waals surface area contributed by atoms with Crippen molar-refractivity contribution in [2.45, 2.75) is 51.2 Å². The molecule has 0 bridgehead atoms. The molecule has 0 aliphatic heterocycles. The van der Waals surface area contributed by atoms with Gasteiger partial charge in [-0.2, -0.15) is 0 Å². The smallest absolute Gasteiger partial charge is 0.321 e. The molecule has 0 heterocycles. The molecule has 1 saturated carbocycles. The van der Waals surface area contributed by atoms with Crippen LogP contribution in [0.2, 0.25) is 0 Å². The van der Waals surface area contributed by atoms with Crippen LogP contribution >= 0.6 is 0 Å². The zero-order chi connectivity index (χ0) is 19.2. The molecule has 0 spiro atoms. The van der Waals surface area contributed by atoms with Crippen molar-refractivity contribution >= 4 is 28.7 Å². The highest BCUT2D eigenvalue weighted by Crippen LogP contribution is 2.17. The quantitative estimate of drug-likeness (QED) is 0.795. The molecule has 0 unspecified atom stereocenters. The van der Waals surface area contributed by atoms with Gasteiger partial charge in [0.05, 0.1) is 6.42 Å². The minimum atomic E-state index is -1.03. The predicted octanol–water partition coefficient (Wildman–Crippen LogP) is 3.08. The van der Waals surface area contributed by atoms with Crippen LogP contribution in [0.5, 0.6) is 0 Å². The third-order valence-electron chi connectivity index (χ3n) is 4.77. The second-order valence-corrected chi connectivity index (χ2v) is 6.93. The first-order valence-corrected chi connectivity index (χ1v) is 9.30. The molecule has 1 aliphatic carbocycles. The Hall–Kier alpha value is -2.89. The lowest BCUT2D eigenvalue weighted by atomic mass is 10.1. The zero-order valence-corrected chi connectivity index (χ0v) is 15.4. The number of rotatable bonds is 5. The summed E-state index contributed by atoms with van der Waals surface area (Å²) in [6.07, 6.45) is 3.06. The second-order valence-electron chi connectivity index (χ2n) is 6.93. The third kappa shape index (κ3) is 5.29. The maximum absolute atomic E-state index is 12.1. The molecule has 142 valence electrons. The molecule has 1 aliphatic rings. The van der Waals surface area contributed by atoms with Gasteiger partial charge < -0.3 is 10.1 Å². The Morgan fingerprint density at radius 1 is 1.07 bits per heavy atom. The molecule has 0 saturated heterocycles. The summed E-state index contributed by atoms with van der Waals surface area (Å²) < 4.78 is 5.17. The minimum absolute atomic E-state index is 0.0662. The molecular weight excluding hydrogens is 344 g/mol. The molecule has 0 aromatic heterocycles. The van der Waals surface area contributed by atoms with E-state index >= 15 is 0 Å². The first kappa shape index (κ1) is 18.9. The fourth-order valence-electron chi connectivity index (χ4n) is 3.31. The van der Waals surface area contributed by atoms with E-state index in [1.165, 1.54) is 6.92 Å². The van der Waals surface area contributed by atoms with Gasteiger partial charge in [-0.25, -0.2) is 4.79 Å². The Morgan fingerprint density at radius 2 is 1.78 bits per heavy atom. The van der Waals surface area contributed by atoms with E-state index in [9.17, 15) is 14.4 Å². The Morgan fingerprint density at radius 3 is 2.52 bits per heavy atom. The van der Waals surface area contributed by atoms with Gasteiger partial charge in [0.15, 0.2) is 6.10 Å². The number of ether oxygens (including phenoxy) is 1. The van der Waals surface area contributed by atoms with Crippen LogP contribution < -0.4 is 10.6 Å². The standard InChI is InChI=1S/C21H24N2O4/c1-14(20(25)23-21(26)22-18-8-4-5-9-18)27-19(24)13-15-10-11-16-6-2-3-7-17(16)12-15/h2-3,6-7,10-12,14,18H,4-5,8-9,13H2,1H3,(H2,22,23,25,26)/t14-/m0/s1. The number of benzene rings is 2. The van der Waals surface area contributed by atoms with E-state index < -0.39 is 24.0 Å². The Labute approximate surface area is 158 Å². The Kier molecular flexibility index (Phi) is 6.06. The first-order valence-electron chi connectivity index (χ1n) is 9.30. The SMILES string of the molecule is C[C@H](OC(=O)Cc1ccc2ccccc2c1)C(=O)NC(=O)NC1CCCC1. The van der Waals surface area contributed by atoms with Gasteiger partial charge >= 0.3 is 12.0 Å². The van der Waals surface area contributed by atoms with E-state index in [1.807, 2.05) is 42.5 Å². The molecule has 6 heteroatoms. The van der Waals surface area contributed by atoms with E-state index in [0.717, 1.165) is 42.0 Å². The van der Waals surface area contributed by atoms with Crippen LogP contribution in [0.15, 0.2) is 42.5 Å². The van der Waals surface area contributed by atoms with Crippen LogP contribution in [0.25, 0.3) is 10.8 Å². The summed E-state index contributed by atoms with van der Waals surface area (Å²) in [5, 5.41) is 7.13. The Bertz CT molecular complexity index is 843. The zero-order valence-electron chi connectivity index (χ0n) is 15.4. The fraction of sp³-hybridized carbons (Fsp3) is 0.381. The van der Waals surface area contributed by atoms with Gasteiger partial charge in [0.2, 0.25) is 0 Å². The van der Waals surface area contributed by atoms with Crippen molar-refractivity contribution in [2.75, 3.05) is 0 Å². The number of fused-ring (bicyclic) bond motifs is 1. The first-order chi connectivity index (χ1) is 13.0. The maximum Gasteiger partial charge on any atom is 0.321 e. The van der Waals surface area contributed by atoms with E-state index in [1.54, 1.807) is 0 Å². The molecule has 27 heavy (non-hydrogen) atoms. The highest BCUT2D eigenvalue weighted by atomic mass is 16.5. The highest BCUT2D eigenvalue weighted by Gasteiger charge is 2.22. The van der Waals surface area contributed by atoms with Gasteiger partial charge in [-0.1, -0.05) is 55.3 Å². The van der Waals surface area contributed by atoms with E-state index in [0.29, 0.717) is 0 Å². The van der Waals surface area contributed by atoms with Crippen molar-refractivity contribution in [2.24, 2.45) is 0 Å². The second kappa shape index (κ2) is 8.66.